The fourth-order valence-corrected chi connectivity index (χ4v) is 0.885. The molecule has 0 amide bonds. The molecule has 0 rings (SSSR count). The smallest absolute Gasteiger partial charge is 0.201 e. The molecule has 0 bridgehead atoms. The number of thiol groups is 1. The molecule has 0 heterocycles. The summed E-state index contributed by atoms with van der Waals surface area (Å²) in [5, 5.41) is 0. The first kappa shape index (κ1) is 10.9. The monoisotopic (exact) mass is 181 g/mol. The fraction of sp³-hybridized carbons (Fsp3) is 1.00. The molecule has 0 atom stereocenters. The van der Waals surface area contributed by atoms with E-state index in [1.54, 1.807) is 0 Å². The topological polar surface area (TPSA) is 46.2 Å². The van der Waals surface area contributed by atoms with Gasteiger partial charge in [-0.3, -0.25) is 0 Å². The Labute approximate surface area is 69.9 Å². The summed E-state index contributed by atoms with van der Waals surface area (Å²) in [6, 6.07) is 0. The number of nitrogens with one attached hydrogen (secondary N) is 1. The second-order valence-corrected chi connectivity index (χ2v) is 3.97. The van der Waals surface area contributed by atoms with Crippen molar-refractivity contribution in [3.63, 3.8) is 0 Å². The molecule has 68 valence electrons. The highest BCUT2D eigenvalue weighted by Gasteiger charge is 2.09. The zero-order valence-corrected chi connectivity index (χ0v) is 8.23. The van der Waals surface area contributed by atoms with Crippen LogP contribution in [-0.2, 0) is 10.9 Å². The van der Waals surface area contributed by atoms with Gasteiger partial charge in [-0.05, 0) is 6.92 Å². The number of nitrogens with zero attached hydrogens (tertiary/aromatic N) is 1. The zero-order chi connectivity index (χ0) is 8.91. The van der Waals surface area contributed by atoms with Crippen LogP contribution < -0.4 is 4.72 Å². The van der Waals surface area contributed by atoms with Gasteiger partial charge in [-0.15, -0.1) is 0 Å². The fourth-order valence-electron chi connectivity index (χ4n) is 0.602. The van der Waals surface area contributed by atoms with Crippen LogP contribution in [-0.4, -0.2) is 46.6 Å². The predicted octanol–water partition coefficient (Wildman–Crippen LogP) is -0.801. The van der Waals surface area contributed by atoms with E-state index in [1.165, 1.54) is 0 Å². The molecule has 0 aromatic heterocycles. The first-order valence-corrected chi connectivity index (χ1v) is 4.85. The van der Waals surface area contributed by atoms with Gasteiger partial charge in [-0.25, -0.2) is 13.1 Å². The minimum Gasteiger partial charge on any atom is -0.328 e. The Bertz CT molecular complexity index is 169. The Morgan fingerprint density at radius 2 is 1.91 bits per heavy atom. The van der Waals surface area contributed by atoms with Crippen LogP contribution in [0.5, 0.6) is 0 Å². The molecular weight excluding hydrogens is 164 g/mol. The van der Waals surface area contributed by atoms with Crippen LogP contribution >= 0.6 is 0 Å². The maximum Gasteiger partial charge on any atom is 0.201 e. The molecule has 0 aliphatic heterocycles. The van der Waals surface area contributed by atoms with Crippen molar-refractivity contribution < 1.29 is 12.9 Å². The second-order valence-electron chi connectivity index (χ2n) is 3.14. The average molecular weight is 181 g/mol. The van der Waals surface area contributed by atoms with Crippen LogP contribution in [0.4, 0.5) is 0 Å². The van der Waals surface area contributed by atoms with Crippen LogP contribution in [0.1, 0.15) is 6.92 Å². The first-order chi connectivity index (χ1) is 4.98. The summed E-state index contributed by atoms with van der Waals surface area (Å²) in [6.45, 7) is 4.45. The van der Waals surface area contributed by atoms with Crippen molar-refractivity contribution in [2.24, 2.45) is 0 Å². The van der Waals surface area contributed by atoms with Gasteiger partial charge in [0, 0.05) is 0 Å². The second kappa shape index (κ2) is 4.69. The Balaban J connectivity index is 3.53. The molecule has 4 nitrogen and oxygen atoms in total. The normalized spacial score (nSPS) is 12.4. The predicted molar refractivity (Wildman–Crippen MR) is 45.8 cm³/mol. The lowest BCUT2D eigenvalue weighted by atomic mass is 10.4. The van der Waals surface area contributed by atoms with Gasteiger partial charge in [-0.1, -0.05) is 0 Å². The number of hydrogen-bond donors (Lipinski definition) is 2. The molecule has 0 aliphatic rings. The standard InChI is InChI=1S/C6H17N2O2S/c1-4-8(2,3)6-5-7-11(9)10/h11H,4-6H2,1-3H3,(H,7,9,10)/q+1. The molecule has 0 saturated carbocycles. The van der Waals surface area contributed by atoms with E-state index in [1.807, 2.05) is 0 Å². The summed E-state index contributed by atoms with van der Waals surface area (Å²) in [5.74, 6) is 0. The van der Waals surface area contributed by atoms with E-state index < -0.39 is 10.9 Å². The van der Waals surface area contributed by atoms with Crippen LogP contribution in [0.25, 0.3) is 0 Å². The lowest BCUT2D eigenvalue weighted by Gasteiger charge is -2.27. The van der Waals surface area contributed by atoms with Crippen LogP contribution in [0.2, 0.25) is 0 Å². The highest BCUT2D eigenvalue weighted by molar-refractivity contribution is 7.70. The van der Waals surface area contributed by atoms with Crippen molar-refractivity contribution in [2.45, 2.75) is 6.92 Å². The molecule has 1 N–H and O–H groups in total. The van der Waals surface area contributed by atoms with Crippen molar-refractivity contribution in [1.82, 2.24) is 4.72 Å². The number of quaternary nitrogens is 1. The number of likely N-dealkylation sites (N-methyl/N-ethyl adjacent to an activating group) is 1. The lowest BCUT2D eigenvalue weighted by molar-refractivity contribution is -0.887. The van der Waals surface area contributed by atoms with E-state index in [-0.39, 0.29) is 0 Å². The molecule has 0 aromatic rings. The van der Waals surface area contributed by atoms with Crippen LogP contribution in [0.15, 0.2) is 0 Å². The molecular formula is C6H17N2O2S+. The zero-order valence-electron chi connectivity index (χ0n) is 7.33. The minimum absolute atomic E-state index is 0.527. The summed E-state index contributed by atoms with van der Waals surface area (Å²) >= 11 is 0. The van der Waals surface area contributed by atoms with E-state index >= 15 is 0 Å². The summed E-state index contributed by atoms with van der Waals surface area (Å²) in [6.07, 6.45) is 0. The molecule has 5 heteroatoms. The summed E-state index contributed by atoms with van der Waals surface area (Å²) in [5.41, 5.74) is 0. The van der Waals surface area contributed by atoms with Gasteiger partial charge in [-0.2, -0.15) is 0 Å². The van der Waals surface area contributed by atoms with Crippen molar-refractivity contribution in [3.8, 4) is 0 Å². The lowest BCUT2D eigenvalue weighted by Crippen LogP contribution is -2.43. The number of hydrogen-bond acceptors (Lipinski definition) is 2. The third kappa shape index (κ3) is 6.28. The van der Waals surface area contributed by atoms with Gasteiger partial charge >= 0.3 is 0 Å². The van der Waals surface area contributed by atoms with Crippen molar-refractivity contribution >= 4 is 10.9 Å². The summed E-state index contributed by atoms with van der Waals surface area (Å²) in [7, 11) is 1.72. The van der Waals surface area contributed by atoms with E-state index in [9.17, 15) is 8.42 Å². The SMILES string of the molecule is CC[N+](C)(C)CCN[SH](=O)=O. The van der Waals surface area contributed by atoms with Crippen molar-refractivity contribution in [2.75, 3.05) is 33.7 Å². The third-order valence-corrected chi connectivity index (χ3v) is 2.30. The molecule has 0 radical (unpaired) electrons. The molecule has 0 spiro atoms. The van der Waals surface area contributed by atoms with Gasteiger partial charge in [0.2, 0.25) is 10.9 Å². The van der Waals surface area contributed by atoms with Crippen molar-refractivity contribution in [1.29, 1.82) is 0 Å². The molecule has 0 unspecified atom stereocenters. The molecule has 0 aliphatic carbocycles. The Hall–Kier alpha value is -0.130. The van der Waals surface area contributed by atoms with Crippen LogP contribution in [0.3, 0.4) is 0 Å². The van der Waals surface area contributed by atoms with Gasteiger partial charge in [0.15, 0.2) is 0 Å². The van der Waals surface area contributed by atoms with Gasteiger partial charge in [0.05, 0.1) is 33.7 Å². The summed E-state index contributed by atoms with van der Waals surface area (Å²) < 4.78 is 23.4. The maximum atomic E-state index is 10.1. The van der Waals surface area contributed by atoms with Gasteiger partial charge in [0.25, 0.3) is 0 Å². The van der Waals surface area contributed by atoms with E-state index in [2.05, 4.69) is 25.7 Å². The first-order valence-electron chi connectivity index (χ1n) is 3.68. The Morgan fingerprint density at radius 3 is 2.27 bits per heavy atom. The minimum atomic E-state index is -2.42. The van der Waals surface area contributed by atoms with E-state index in [0.29, 0.717) is 6.54 Å². The molecule has 0 saturated heterocycles. The van der Waals surface area contributed by atoms with Gasteiger partial charge < -0.3 is 4.48 Å². The van der Waals surface area contributed by atoms with Gasteiger partial charge in [0.1, 0.15) is 0 Å². The molecule has 11 heavy (non-hydrogen) atoms. The van der Waals surface area contributed by atoms with E-state index in [4.69, 9.17) is 0 Å². The van der Waals surface area contributed by atoms with Crippen LogP contribution in [0, 0.1) is 0 Å². The van der Waals surface area contributed by atoms with E-state index in [0.717, 1.165) is 17.6 Å². The quantitative estimate of drug-likeness (QED) is 0.431. The molecule has 0 aromatic carbocycles. The Morgan fingerprint density at radius 1 is 1.36 bits per heavy atom. The average Bonchev–Trinajstić information content (AvgIpc) is 1.87. The number of rotatable bonds is 5. The highest BCUT2D eigenvalue weighted by Crippen LogP contribution is 1.92. The van der Waals surface area contributed by atoms with Crippen molar-refractivity contribution in [3.05, 3.63) is 0 Å². The Kier molecular flexibility index (Phi) is 4.63. The summed E-state index contributed by atoms with van der Waals surface area (Å²) in [4.78, 5) is 0. The molecule has 0 fully saturated rings. The largest absolute Gasteiger partial charge is 0.328 e. The third-order valence-electron chi connectivity index (χ3n) is 1.81. The highest BCUT2D eigenvalue weighted by atomic mass is 32.2. The maximum absolute atomic E-state index is 10.1.